The van der Waals surface area contributed by atoms with Gasteiger partial charge in [0.1, 0.15) is 24.1 Å². The molecule has 0 aromatic rings. The second kappa shape index (κ2) is 10.1. The van der Waals surface area contributed by atoms with E-state index in [9.17, 15) is 14.7 Å². The lowest BCUT2D eigenvalue weighted by Gasteiger charge is -2.40. The van der Waals surface area contributed by atoms with Crippen LogP contribution in [0.1, 0.15) is 101 Å². The minimum absolute atomic E-state index is 0.106. The van der Waals surface area contributed by atoms with Crippen molar-refractivity contribution in [1.29, 1.82) is 0 Å². The molecule has 0 amide bonds. The fourth-order valence-electron chi connectivity index (χ4n) is 3.94. The minimum Gasteiger partial charge on any atom is -0.462 e. The summed E-state index contributed by atoms with van der Waals surface area (Å²) >= 11 is 0. The topological polar surface area (TPSA) is 82.1 Å². The first-order valence-corrected chi connectivity index (χ1v) is 11.4. The van der Waals surface area contributed by atoms with Crippen LogP contribution >= 0.6 is 0 Å². The Hall–Kier alpha value is -0.980. The monoisotopic (exact) mass is 428 g/mol. The summed E-state index contributed by atoms with van der Waals surface area (Å²) in [6.07, 6.45) is 3.98. The summed E-state index contributed by atoms with van der Waals surface area (Å²) in [5.74, 6) is -1.69. The van der Waals surface area contributed by atoms with Crippen molar-refractivity contribution in [3.63, 3.8) is 0 Å². The normalized spacial score (nSPS) is 25.9. The van der Waals surface area contributed by atoms with Gasteiger partial charge in [-0.05, 0) is 48.0 Å². The number of hydrogen-bond donors (Lipinski definition) is 1. The first-order chi connectivity index (χ1) is 13.6. The van der Waals surface area contributed by atoms with Crippen LogP contribution < -0.4 is 0 Å². The molecule has 3 atom stereocenters. The zero-order valence-corrected chi connectivity index (χ0v) is 20.6. The largest absolute Gasteiger partial charge is 0.462 e. The lowest BCUT2D eigenvalue weighted by molar-refractivity contribution is -0.191. The lowest BCUT2D eigenvalue weighted by atomic mass is 9.78. The molecule has 1 unspecified atom stereocenters. The Morgan fingerprint density at radius 2 is 1.70 bits per heavy atom. The molecular formula is C24H44O6. The molecule has 1 N–H and O–H groups in total. The number of ether oxygens (including phenoxy) is 3. The molecule has 0 aromatic carbocycles. The maximum Gasteiger partial charge on any atom is 0.311 e. The Kier molecular flexibility index (Phi) is 9.10. The molecule has 1 fully saturated rings. The summed E-state index contributed by atoms with van der Waals surface area (Å²) in [5.41, 5.74) is -3.17. The highest BCUT2D eigenvalue weighted by Crippen LogP contribution is 2.45. The van der Waals surface area contributed by atoms with Gasteiger partial charge in [0.05, 0.1) is 11.0 Å². The second-order valence-electron chi connectivity index (χ2n) is 10.9. The molecule has 1 aliphatic heterocycles. The smallest absolute Gasteiger partial charge is 0.311 e. The van der Waals surface area contributed by atoms with Gasteiger partial charge in [-0.15, -0.1) is 0 Å². The van der Waals surface area contributed by atoms with E-state index in [1.165, 1.54) is 0 Å². The number of aliphatic hydroxyl groups is 1. The van der Waals surface area contributed by atoms with Crippen LogP contribution in [0, 0.1) is 11.3 Å². The van der Waals surface area contributed by atoms with E-state index in [4.69, 9.17) is 14.2 Å². The van der Waals surface area contributed by atoms with Crippen LogP contribution in [0.5, 0.6) is 0 Å². The van der Waals surface area contributed by atoms with Gasteiger partial charge in [-0.2, -0.15) is 0 Å². The molecule has 1 heterocycles. The van der Waals surface area contributed by atoms with E-state index in [0.29, 0.717) is 6.42 Å². The molecule has 6 heteroatoms. The number of ketones is 1. The van der Waals surface area contributed by atoms with E-state index >= 15 is 0 Å². The maximum absolute atomic E-state index is 12.6. The van der Waals surface area contributed by atoms with E-state index in [2.05, 4.69) is 6.92 Å². The fraction of sp³-hybridized carbons (Fsp3) is 0.917. The van der Waals surface area contributed by atoms with E-state index < -0.39 is 34.5 Å². The third kappa shape index (κ3) is 7.31. The summed E-state index contributed by atoms with van der Waals surface area (Å²) in [7, 11) is 0. The molecule has 176 valence electrons. The first-order valence-electron chi connectivity index (χ1n) is 11.4. The number of esters is 1. The van der Waals surface area contributed by atoms with Crippen molar-refractivity contribution >= 4 is 11.8 Å². The lowest BCUT2D eigenvalue weighted by Crippen LogP contribution is -2.57. The van der Waals surface area contributed by atoms with Crippen LogP contribution in [-0.4, -0.2) is 46.6 Å². The Bertz CT molecular complexity index is 591. The van der Waals surface area contributed by atoms with Gasteiger partial charge in [-0.3, -0.25) is 9.59 Å². The second-order valence-corrected chi connectivity index (χ2v) is 10.9. The zero-order chi connectivity index (χ0) is 23.4. The van der Waals surface area contributed by atoms with Gasteiger partial charge in [0, 0.05) is 12.3 Å². The molecule has 0 aromatic heterocycles. The number of carbonyl (C=O) groups excluding carboxylic acids is 2. The fourth-order valence-corrected chi connectivity index (χ4v) is 3.94. The third-order valence-corrected chi connectivity index (χ3v) is 5.64. The molecule has 0 radical (unpaired) electrons. The van der Waals surface area contributed by atoms with Gasteiger partial charge in [0.25, 0.3) is 0 Å². The van der Waals surface area contributed by atoms with E-state index in [-0.39, 0.29) is 24.7 Å². The molecule has 30 heavy (non-hydrogen) atoms. The van der Waals surface area contributed by atoms with Gasteiger partial charge in [-0.1, -0.05) is 46.5 Å². The number of Topliss-reactive ketones (excluding diaryl/α,β-unsaturated/α-hetero) is 1. The average molecular weight is 429 g/mol. The van der Waals surface area contributed by atoms with Crippen LogP contribution in [0.4, 0.5) is 0 Å². The predicted octanol–water partition coefficient (Wildman–Crippen LogP) is 4.80. The minimum atomic E-state index is -1.67. The van der Waals surface area contributed by atoms with Gasteiger partial charge in [0.15, 0.2) is 5.79 Å². The molecule has 0 aliphatic carbocycles. The van der Waals surface area contributed by atoms with Crippen LogP contribution in [-0.2, 0) is 23.8 Å². The third-order valence-electron chi connectivity index (χ3n) is 5.64. The van der Waals surface area contributed by atoms with E-state index in [1.807, 2.05) is 20.8 Å². The van der Waals surface area contributed by atoms with Gasteiger partial charge in [-0.25, -0.2) is 0 Å². The molecule has 1 rings (SSSR count). The van der Waals surface area contributed by atoms with E-state index in [1.54, 1.807) is 34.6 Å². The van der Waals surface area contributed by atoms with Crippen molar-refractivity contribution in [1.82, 2.24) is 0 Å². The Labute approximate surface area is 183 Å². The Morgan fingerprint density at radius 1 is 1.10 bits per heavy atom. The Balaban J connectivity index is 3.19. The summed E-state index contributed by atoms with van der Waals surface area (Å²) in [6, 6.07) is 0. The van der Waals surface area contributed by atoms with Crippen molar-refractivity contribution in [3.8, 4) is 0 Å². The van der Waals surface area contributed by atoms with E-state index in [0.717, 1.165) is 25.7 Å². The van der Waals surface area contributed by atoms with Gasteiger partial charge >= 0.3 is 5.97 Å². The summed E-state index contributed by atoms with van der Waals surface area (Å²) < 4.78 is 17.9. The SMILES string of the molecule is CCCCCC[C@]1(C)OC(C)(C)O[C@@H]1C(O)(COC(=O)C(C)(C)C)CC(=O)C(C)C. The molecule has 1 saturated heterocycles. The van der Waals surface area contributed by atoms with Gasteiger partial charge in [0.2, 0.25) is 0 Å². The van der Waals surface area contributed by atoms with Crippen molar-refractivity contribution in [2.24, 2.45) is 11.3 Å². The summed E-state index contributed by atoms with van der Waals surface area (Å²) in [6.45, 7) is 16.2. The number of rotatable bonds is 11. The number of unbranched alkanes of at least 4 members (excludes halogenated alkanes) is 3. The van der Waals surface area contributed by atoms with Crippen molar-refractivity contribution < 1.29 is 28.9 Å². The van der Waals surface area contributed by atoms with Crippen LogP contribution in [0.2, 0.25) is 0 Å². The first kappa shape index (κ1) is 27.1. The van der Waals surface area contributed by atoms with Crippen LogP contribution in [0.3, 0.4) is 0 Å². The zero-order valence-electron chi connectivity index (χ0n) is 20.6. The quantitative estimate of drug-likeness (QED) is 0.376. The average Bonchev–Trinajstić information content (AvgIpc) is 2.85. The highest BCUT2D eigenvalue weighted by molar-refractivity contribution is 5.81. The van der Waals surface area contributed by atoms with Crippen LogP contribution in [0.15, 0.2) is 0 Å². The van der Waals surface area contributed by atoms with Crippen molar-refractivity contribution in [3.05, 3.63) is 0 Å². The highest BCUT2D eigenvalue weighted by atomic mass is 16.8. The van der Waals surface area contributed by atoms with Crippen molar-refractivity contribution in [2.45, 2.75) is 124 Å². The standard InChI is InChI=1S/C24H44O6/c1-10-11-12-13-14-23(9)19(29-22(7,8)30-23)24(27,15-18(25)17(2)3)16-28-20(26)21(4,5)6/h17,19,27H,10-16H2,1-9H3/t19-,23-,24?/m0/s1. The molecule has 6 nitrogen and oxygen atoms in total. The summed E-state index contributed by atoms with van der Waals surface area (Å²) in [4.78, 5) is 25.0. The van der Waals surface area contributed by atoms with Gasteiger partial charge < -0.3 is 19.3 Å². The predicted molar refractivity (Wildman–Crippen MR) is 117 cm³/mol. The Morgan fingerprint density at radius 3 is 2.20 bits per heavy atom. The molecule has 0 bridgehead atoms. The highest BCUT2D eigenvalue weighted by Gasteiger charge is 2.59. The molecule has 0 spiro atoms. The number of carbonyl (C=O) groups is 2. The summed E-state index contributed by atoms with van der Waals surface area (Å²) in [5, 5.41) is 11.7. The number of hydrogen-bond acceptors (Lipinski definition) is 6. The molecule has 1 aliphatic rings. The van der Waals surface area contributed by atoms with Crippen LogP contribution in [0.25, 0.3) is 0 Å². The van der Waals surface area contributed by atoms with Crippen molar-refractivity contribution in [2.75, 3.05) is 6.61 Å². The molecular weight excluding hydrogens is 384 g/mol. The maximum atomic E-state index is 12.6. The molecule has 0 saturated carbocycles.